The highest BCUT2D eigenvalue weighted by molar-refractivity contribution is 7.89. The van der Waals surface area contributed by atoms with Crippen LogP contribution in [-0.4, -0.2) is 31.7 Å². The molecule has 0 bridgehead atoms. The summed E-state index contributed by atoms with van der Waals surface area (Å²) >= 11 is 0. The van der Waals surface area contributed by atoms with Gasteiger partial charge in [0.15, 0.2) is 0 Å². The second-order valence-electron chi connectivity index (χ2n) is 7.55. The third-order valence-corrected chi connectivity index (χ3v) is 7.18. The van der Waals surface area contributed by atoms with Gasteiger partial charge in [-0.05, 0) is 62.9 Å². The third kappa shape index (κ3) is 4.45. The van der Waals surface area contributed by atoms with Crippen molar-refractivity contribution in [3.63, 3.8) is 0 Å². The quantitative estimate of drug-likeness (QED) is 0.826. The smallest absolute Gasteiger partial charge is 0.251 e. The topological polar surface area (TPSA) is 66.5 Å². The molecular formula is C22H28N2O3S. The number of rotatable bonds is 5. The first kappa shape index (κ1) is 20.6. The normalized spacial score (nSPS) is 16.5. The van der Waals surface area contributed by atoms with Gasteiger partial charge in [0, 0.05) is 18.7 Å². The molecule has 3 rings (SSSR count). The minimum absolute atomic E-state index is 0.171. The number of hydrogen-bond acceptors (Lipinski definition) is 3. The number of benzene rings is 2. The predicted molar refractivity (Wildman–Crippen MR) is 111 cm³/mol. The van der Waals surface area contributed by atoms with E-state index >= 15 is 0 Å². The van der Waals surface area contributed by atoms with Crippen molar-refractivity contribution >= 4 is 15.9 Å². The molecule has 0 aromatic heterocycles. The van der Waals surface area contributed by atoms with E-state index in [4.69, 9.17) is 0 Å². The van der Waals surface area contributed by atoms with Gasteiger partial charge in [-0.3, -0.25) is 4.79 Å². The highest BCUT2D eigenvalue weighted by atomic mass is 32.2. The second kappa shape index (κ2) is 8.45. The third-order valence-electron chi connectivity index (χ3n) is 5.29. The van der Waals surface area contributed by atoms with Crippen molar-refractivity contribution in [2.45, 2.75) is 51.0 Å². The minimum atomic E-state index is -3.56. The summed E-state index contributed by atoms with van der Waals surface area (Å²) in [6, 6.07) is 12.3. The van der Waals surface area contributed by atoms with Crippen LogP contribution >= 0.6 is 0 Å². The van der Waals surface area contributed by atoms with Crippen LogP contribution in [0.4, 0.5) is 0 Å². The van der Waals surface area contributed by atoms with Gasteiger partial charge < -0.3 is 5.32 Å². The Morgan fingerprint density at radius 2 is 1.75 bits per heavy atom. The van der Waals surface area contributed by atoms with Crippen LogP contribution in [0.1, 0.15) is 59.3 Å². The SMILES string of the molecule is Cc1ccc(C(C)NC(=O)c2cccc(S(=O)(=O)N3CCCCC3)c2)c(C)c1. The fourth-order valence-electron chi connectivity index (χ4n) is 3.72. The van der Waals surface area contributed by atoms with Gasteiger partial charge in [0.2, 0.25) is 10.0 Å². The van der Waals surface area contributed by atoms with Crippen LogP contribution in [-0.2, 0) is 10.0 Å². The van der Waals surface area contributed by atoms with Gasteiger partial charge in [0.1, 0.15) is 0 Å². The van der Waals surface area contributed by atoms with Crippen LogP contribution in [0.15, 0.2) is 47.4 Å². The van der Waals surface area contributed by atoms with Crippen molar-refractivity contribution < 1.29 is 13.2 Å². The average Bonchev–Trinajstić information content (AvgIpc) is 2.68. The molecule has 2 aromatic rings. The Balaban J connectivity index is 1.78. The number of aryl methyl sites for hydroxylation is 2. The minimum Gasteiger partial charge on any atom is -0.346 e. The van der Waals surface area contributed by atoms with E-state index in [1.807, 2.05) is 32.9 Å². The standard InChI is InChI=1S/C22H28N2O3S/c1-16-10-11-21(17(2)14-16)18(3)23-22(25)19-8-7-9-20(15-19)28(26,27)24-12-5-4-6-13-24/h7-11,14-15,18H,4-6,12-13H2,1-3H3,(H,23,25). The van der Waals surface area contributed by atoms with Crippen LogP contribution in [0.3, 0.4) is 0 Å². The van der Waals surface area contributed by atoms with Gasteiger partial charge in [-0.15, -0.1) is 0 Å². The van der Waals surface area contributed by atoms with E-state index in [2.05, 4.69) is 11.4 Å². The molecule has 1 saturated heterocycles. The number of nitrogens with one attached hydrogen (secondary N) is 1. The van der Waals surface area contributed by atoms with Crippen molar-refractivity contribution in [1.29, 1.82) is 0 Å². The maximum Gasteiger partial charge on any atom is 0.251 e. The van der Waals surface area contributed by atoms with Crippen molar-refractivity contribution in [3.05, 3.63) is 64.7 Å². The lowest BCUT2D eigenvalue weighted by Crippen LogP contribution is -2.35. The number of nitrogens with zero attached hydrogens (tertiary/aromatic N) is 1. The maximum atomic E-state index is 12.9. The molecule has 0 spiro atoms. The number of carbonyl (C=O) groups is 1. The summed E-state index contributed by atoms with van der Waals surface area (Å²) in [5.74, 6) is -0.275. The summed E-state index contributed by atoms with van der Waals surface area (Å²) in [5.41, 5.74) is 3.70. The highest BCUT2D eigenvalue weighted by Gasteiger charge is 2.26. The van der Waals surface area contributed by atoms with Gasteiger partial charge in [0.05, 0.1) is 10.9 Å². The molecule has 1 aliphatic rings. The van der Waals surface area contributed by atoms with Crippen LogP contribution in [0, 0.1) is 13.8 Å². The number of hydrogen-bond donors (Lipinski definition) is 1. The summed E-state index contributed by atoms with van der Waals surface area (Å²) in [6.45, 7) is 7.08. The average molecular weight is 401 g/mol. The molecule has 1 heterocycles. The Kier molecular flexibility index (Phi) is 6.20. The van der Waals surface area contributed by atoms with E-state index in [-0.39, 0.29) is 16.8 Å². The number of carbonyl (C=O) groups excluding carboxylic acids is 1. The lowest BCUT2D eigenvalue weighted by Gasteiger charge is -2.26. The zero-order valence-electron chi connectivity index (χ0n) is 16.7. The largest absolute Gasteiger partial charge is 0.346 e. The monoisotopic (exact) mass is 400 g/mol. The van der Waals surface area contributed by atoms with Crippen LogP contribution in [0.2, 0.25) is 0 Å². The van der Waals surface area contributed by atoms with E-state index in [1.165, 1.54) is 15.9 Å². The van der Waals surface area contributed by atoms with Crippen molar-refractivity contribution in [3.8, 4) is 0 Å². The van der Waals surface area contributed by atoms with E-state index in [1.54, 1.807) is 18.2 Å². The molecule has 1 atom stereocenters. The van der Waals surface area contributed by atoms with Gasteiger partial charge in [-0.2, -0.15) is 4.31 Å². The summed E-state index contributed by atoms with van der Waals surface area (Å²) in [5, 5.41) is 2.98. The van der Waals surface area contributed by atoms with E-state index in [0.29, 0.717) is 18.7 Å². The molecule has 1 N–H and O–H groups in total. The van der Waals surface area contributed by atoms with Crippen LogP contribution in [0.25, 0.3) is 0 Å². The zero-order chi connectivity index (χ0) is 20.3. The first-order valence-corrected chi connectivity index (χ1v) is 11.2. The molecular weight excluding hydrogens is 372 g/mol. The fraction of sp³-hybridized carbons (Fsp3) is 0.409. The van der Waals surface area contributed by atoms with E-state index < -0.39 is 10.0 Å². The van der Waals surface area contributed by atoms with E-state index in [0.717, 1.165) is 30.4 Å². The lowest BCUT2D eigenvalue weighted by molar-refractivity contribution is 0.0939. The van der Waals surface area contributed by atoms with E-state index in [9.17, 15) is 13.2 Å². The molecule has 1 unspecified atom stereocenters. The summed E-state index contributed by atoms with van der Waals surface area (Å²) in [6.07, 6.45) is 2.82. The van der Waals surface area contributed by atoms with Crippen molar-refractivity contribution in [2.24, 2.45) is 0 Å². The Hall–Kier alpha value is -2.18. The van der Waals surface area contributed by atoms with Crippen molar-refractivity contribution in [2.75, 3.05) is 13.1 Å². The molecule has 1 fully saturated rings. The molecule has 2 aromatic carbocycles. The molecule has 0 aliphatic carbocycles. The van der Waals surface area contributed by atoms with Gasteiger partial charge in [-0.1, -0.05) is 36.2 Å². The second-order valence-corrected chi connectivity index (χ2v) is 9.49. The van der Waals surface area contributed by atoms with Crippen molar-refractivity contribution in [1.82, 2.24) is 9.62 Å². The predicted octanol–water partition coefficient (Wildman–Crippen LogP) is 3.97. The number of amides is 1. The number of sulfonamides is 1. The summed E-state index contributed by atoms with van der Waals surface area (Å²) < 4.78 is 27.3. The summed E-state index contributed by atoms with van der Waals surface area (Å²) in [7, 11) is -3.56. The molecule has 0 radical (unpaired) electrons. The first-order chi connectivity index (χ1) is 13.3. The Morgan fingerprint density at radius 1 is 1.04 bits per heavy atom. The lowest BCUT2D eigenvalue weighted by atomic mass is 10.00. The molecule has 0 saturated carbocycles. The molecule has 28 heavy (non-hydrogen) atoms. The van der Waals surface area contributed by atoms with Gasteiger partial charge >= 0.3 is 0 Å². The number of piperidine rings is 1. The maximum absolute atomic E-state index is 12.9. The zero-order valence-corrected chi connectivity index (χ0v) is 17.6. The first-order valence-electron chi connectivity index (χ1n) is 9.77. The Morgan fingerprint density at radius 3 is 2.43 bits per heavy atom. The van der Waals surface area contributed by atoms with Gasteiger partial charge in [0.25, 0.3) is 5.91 Å². The fourth-order valence-corrected chi connectivity index (χ4v) is 5.28. The molecule has 150 valence electrons. The van der Waals surface area contributed by atoms with Crippen LogP contribution in [0.5, 0.6) is 0 Å². The molecule has 1 aliphatic heterocycles. The molecule has 1 amide bonds. The van der Waals surface area contributed by atoms with Crippen LogP contribution < -0.4 is 5.32 Å². The molecule has 6 heteroatoms. The van der Waals surface area contributed by atoms with Gasteiger partial charge in [-0.25, -0.2) is 8.42 Å². The molecule has 5 nitrogen and oxygen atoms in total. The Bertz CT molecular complexity index is 963. The highest BCUT2D eigenvalue weighted by Crippen LogP contribution is 2.22. The summed E-state index contributed by atoms with van der Waals surface area (Å²) in [4.78, 5) is 12.9. The Labute approximate surface area is 167 Å².